The molecule has 5 nitrogen and oxygen atoms in total. The van der Waals surface area contributed by atoms with Crippen molar-refractivity contribution < 1.29 is 4.42 Å². The van der Waals surface area contributed by atoms with Crippen molar-refractivity contribution in [1.29, 1.82) is 0 Å². The summed E-state index contributed by atoms with van der Waals surface area (Å²) in [5, 5.41) is 2.04. The Morgan fingerprint density at radius 2 is 1.05 bits per heavy atom. The van der Waals surface area contributed by atoms with E-state index in [4.69, 9.17) is 19.4 Å². The van der Waals surface area contributed by atoms with Gasteiger partial charge >= 0.3 is 0 Å². The Bertz CT molecular complexity index is 3050. The lowest BCUT2D eigenvalue weighted by Crippen LogP contribution is -2.18. The highest BCUT2D eigenvalue weighted by atomic mass is 16.3. The zero-order chi connectivity index (χ0) is 37.8. The van der Waals surface area contributed by atoms with Crippen molar-refractivity contribution in [2.24, 2.45) is 0 Å². The minimum Gasteiger partial charge on any atom is -0.456 e. The summed E-state index contributed by atoms with van der Waals surface area (Å²) in [6, 6.07) is 55.7. The molecular weight excluding hydrogens is 685 g/mol. The van der Waals surface area contributed by atoms with Crippen molar-refractivity contribution >= 4 is 39.3 Å². The van der Waals surface area contributed by atoms with Crippen LogP contribution in [-0.4, -0.2) is 15.0 Å². The Balaban J connectivity index is 1.18. The molecule has 0 aliphatic heterocycles. The van der Waals surface area contributed by atoms with E-state index in [0.717, 1.165) is 44.4 Å². The molecule has 0 unspecified atom stereocenters. The molecule has 5 heteroatoms. The van der Waals surface area contributed by atoms with E-state index in [2.05, 4.69) is 154 Å². The van der Waals surface area contributed by atoms with Gasteiger partial charge in [0.1, 0.15) is 11.2 Å². The Morgan fingerprint density at radius 3 is 1.84 bits per heavy atom. The molecule has 0 N–H and O–H groups in total. The Hall–Kier alpha value is -6.85. The highest BCUT2D eigenvalue weighted by molar-refractivity contribution is 6.13. The molecule has 0 fully saturated rings. The number of para-hydroxylation sites is 1. The SMILES string of the molecule is CC1(C)c2ccccc2-c2cc(-c3nc(-c4ccccc4)nc(N(c4ccc5c(c4)C(C)(C)c4ccccc4-5)c4cccc5oc6ccccc6c45)n3)ccc21. The summed E-state index contributed by atoms with van der Waals surface area (Å²) >= 11 is 0. The van der Waals surface area contributed by atoms with Crippen LogP contribution in [0.3, 0.4) is 0 Å². The lowest BCUT2D eigenvalue weighted by atomic mass is 9.82. The average Bonchev–Trinajstić information content (AvgIpc) is 3.81. The van der Waals surface area contributed by atoms with Gasteiger partial charge in [-0.3, -0.25) is 4.90 Å². The van der Waals surface area contributed by atoms with E-state index in [1.165, 1.54) is 44.5 Å². The fraction of sp³-hybridized carbons (Fsp3) is 0.118. The third-order valence-electron chi connectivity index (χ3n) is 12.1. The van der Waals surface area contributed by atoms with Gasteiger partial charge in [-0.25, -0.2) is 4.98 Å². The van der Waals surface area contributed by atoms with Crippen LogP contribution in [0, 0.1) is 0 Å². The number of aromatic nitrogens is 3. The number of hydrogen-bond donors (Lipinski definition) is 0. The summed E-state index contributed by atoms with van der Waals surface area (Å²) in [7, 11) is 0. The van der Waals surface area contributed by atoms with Gasteiger partial charge < -0.3 is 4.42 Å². The van der Waals surface area contributed by atoms with Crippen LogP contribution in [0.1, 0.15) is 49.9 Å². The molecule has 0 bridgehead atoms. The van der Waals surface area contributed by atoms with Crippen LogP contribution < -0.4 is 4.90 Å². The summed E-state index contributed by atoms with van der Waals surface area (Å²) in [6.07, 6.45) is 0. The van der Waals surface area contributed by atoms with E-state index in [0.29, 0.717) is 17.6 Å². The Labute approximate surface area is 326 Å². The first kappa shape index (κ1) is 32.6. The number of nitrogens with zero attached hydrogens (tertiary/aromatic N) is 4. The van der Waals surface area contributed by atoms with E-state index < -0.39 is 0 Å². The van der Waals surface area contributed by atoms with E-state index in [9.17, 15) is 0 Å². The van der Waals surface area contributed by atoms with Crippen LogP contribution in [0.4, 0.5) is 17.3 Å². The predicted octanol–water partition coefficient (Wildman–Crippen LogP) is 13.2. The smallest absolute Gasteiger partial charge is 0.238 e. The van der Waals surface area contributed by atoms with Gasteiger partial charge in [0.25, 0.3) is 0 Å². The molecule has 2 aromatic heterocycles. The molecule has 0 saturated heterocycles. The van der Waals surface area contributed by atoms with Crippen molar-refractivity contribution in [2.75, 3.05) is 4.90 Å². The summed E-state index contributed by atoms with van der Waals surface area (Å²) < 4.78 is 6.46. The van der Waals surface area contributed by atoms with E-state index in [1.54, 1.807) is 0 Å². The van der Waals surface area contributed by atoms with E-state index in [1.807, 2.05) is 36.4 Å². The van der Waals surface area contributed by atoms with Gasteiger partial charge in [-0.15, -0.1) is 0 Å². The highest BCUT2D eigenvalue weighted by Crippen LogP contribution is 2.52. The molecule has 0 radical (unpaired) electrons. The highest BCUT2D eigenvalue weighted by Gasteiger charge is 2.37. The Morgan fingerprint density at radius 1 is 0.446 bits per heavy atom. The number of benzene rings is 7. The molecule has 2 aliphatic carbocycles. The molecule has 11 rings (SSSR count). The fourth-order valence-electron chi connectivity index (χ4n) is 9.31. The molecule has 56 heavy (non-hydrogen) atoms. The van der Waals surface area contributed by atoms with Crippen LogP contribution in [0.5, 0.6) is 0 Å². The number of anilines is 3. The maximum absolute atomic E-state index is 6.46. The molecule has 0 saturated carbocycles. The second kappa shape index (κ2) is 11.8. The molecule has 2 heterocycles. The molecule has 9 aromatic rings. The molecule has 2 aliphatic rings. The molecule has 0 amide bonds. The minimum absolute atomic E-state index is 0.103. The second-order valence-corrected chi connectivity index (χ2v) is 16.1. The zero-order valence-corrected chi connectivity index (χ0v) is 31.7. The first-order chi connectivity index (χ1) is 27.3. The summed E-state index contributed by atoms with van der Waals surface area (Å²) in [5.74, 6) is 1.75. The normalized spacial score (nSPS) is 14.4. The molecular formula is C51H38N4O. The first-order valence-corrected chi connectivity index (χ1v) is 19.3. The van der Waals surface area contributed by atoms with Crippen molar-refractivity contribution in [1.82, 2.24) is 15.0 Å². The van der Waals surface area contributed by atoms with Crippen molar-refractivity contribution in [3.63, 3.8) is 0 Å². The fourth-order valence-corrected chi connectivity index (χ4v) is 9.31. The maximum Gasteiger partial charge on any atom is 0.238 e. The molecule has 0 atom stereocenters. The second-order valence-electron chi connectivity index (χ2n) is 16.1. The third-order valence-corrected chi connectivity index (χ3v) is 12.1. The van der Waals surface area contributed by atoms with Crippen molar-refractivity contribution in [2.45, 2.75) is 38.5 Å². The van der Waals surface area contributed by atoms with Gasteiger partial charge in [-0.05, 0) is 80.9 Å². The standard InChI is InChI=1S/C51H38N4O/c1-50(2)40-21-12-9-18-35(40)38-29-32(25-28-41(38)50)48-52-47(31-15-6-5-7-16-31)53-49(54-48)55(43-22-14-24-45-46(43)37-19-10-13-23-44(37)56-45)33-26-27-36-34-17-8-11-20-39(34)51(3,4)42(36)30-33/h5-30H,1-4H3. The van der Waals surface area contributed by atoms with Gasteiger partial charge in [-0.1, -0.05) is 149 Å². The van der Waals surface area contributed by atoms with Crippen LogP contribution in [-0.2, 0) is 10.8 Å². The molecule has 268 valence electrons. The number of furan rings is 1. The summed E-state index contributed by atoms with van der Waals surface area (Å²) in [6.45, 7) is 9.25. The van der Waals surface area contributed by atoms with Crippen LogP contribution in [0.25, 0.3) is 67.0 Å². The topological polar surface area (TPSA) is 55.1 Å². The van der Waals surface area contributed by atoms with Gasteiger partial charge in [0.05, 0.1) is 11.1 Å². The van der Waals surface area contributed by atoms with Crippen LogP contribution in [0.15, 0.2) is 162 Å². The van der Waals surface area contributed by atoms with E-state index in [-0.39, 0.29) is 10.8 Å². The number of hydrogen-bond acceptors (Lipinski definition) is 5. The van der Waals surface area contributed by atoms with Crippen LogP contribution in [0.2, 0.25) is 0 Å². The van der Waals surface area contributed by atoms with E-state index >= 15 is 0 Å². The summed E-state index contributed by atoms with van der Waals surface area (Å²) in [5.41, 5.74) is 15.3. The Kier molecular flexibility index (Phi) is 6.88. The monoisotopic (exact) mass is 722 g/mol. The largest absolute Gasteiger partial charge is 0.456 e. The number of fused-ring (bicyclic) bond motifs is 9. The first-order valence-electron chi connectivity index (χ1n) is 19.3. The molecule has 7 aromatic carbocycles. The van der Waals surface area contributed by atoms with Crippen molar-refractivity contribution in [3.05, 3.63) is 180 Å². The minimum atomic E-state index is -0.199. The van der Waals surface area contributed by atoms with Crippen molar-refractivity contribution in [3.8, 4) is 45.0 Å². The quantitative estimate of drug-likeness (QED) is 0.177. The lowest BCUT2D eigenvalue weighted by molar-refractivity contribution is 0.660. The summed E-state index contributed by atoms with van der Waals surface area (Å²) in [4.78, 5) is 18.1. The van der Waals surface area contributed by atoms with Crippen LogP contribution >= 0.6 is 0 Å². The average molecular weight is 723 g/mol. The van der Waals surface area contributed by atoms with Gasteiger partial charge in [0.15, 0.2) is 11.6 Å². The predicted molar refractivity (Wildman–Crippen MR) is 228 cm³/mol. The zero-order valence-electron chi connectivity index (χ0n) is 31.7. The lowest BCUT2D eigenvalue weighted by Gasteiger charge is -2.27. The molecule has 0 spiro atoms. The van der Waals surface area contributed by atoms with Gasteiger partial charge in [0.2, 0.25) is 5.95 Å². The van der Waals surface area contributed by atoms with Gasteiger partial charge in [0, 0.05) is 33.0 Å². The maximum atomic E-state index is 6.46. The van der Waals surface area contributed by atoms with Gasteiger partial charge in [-0.2, -0.15) is 9.97 Å². The third kappa shape index (κ3) is 4.70. The number of rotatable bonds is 5.